The average molecular weight is 682 g/mol. The summed E-state index contributed by atoms with van der Waals surface area (Å²) in [6.45, 7) is 25.3. The molecule has 10 nitrogen and oxygen atoms in total. The first-order valence-electron chi connectivity index (χ1n) is 18.7. The highest BCUT2D eigenvalue weighted by atomic mass is 16.4. The summed E-state index contributed by atoms with van der Waals surface area (Å²) >= 11 is 0. The minimum Gasteiger partial charge on any atom is -0.480 e. The lowest BCUT2D eigenvalue weighted by molar-refractivity contribution is -0.143. The van der Waals surface area contributed by atoms with Crippen molar-refractivity contribution in [2.45, 2.75) is 121 Å². The van der Waals surface area contributed by atoms with E-state index in [-0.39, 0.29) is 37.0 Å². The first-order chi connectivity index (χ1) is 22.3. The third-order valence-corrected chi connectivity index (χ3v) is 13.4. The molecule has 1 aliphatic rings. The molecule has 0 aliphatic heterocycles. The number of nitrogens with zero attached hydrogens (tertiary/aromatic N) is 2. The molecule has 0 aromatic heterocycles. The molecule has 1 saturated carbocycles. The Morgan fingerprint density at radius 1 is 0.625 bits per heavy atom. The molecule has 1 amide bonds. The smallest absolute Gasteiger partial charge is 0.317 e. The lowest BCUT2D eigenvalue weighted by Gasteiger charge is -2.55. The van der Waals surface area contributed by atoms with Crippen LogP contribution in [0.25, 0.3) is 0 Å². The van der Waals surface area contributed by atoms with Gasteiger partial charge in [-0.05, 0) is 84.4 Å². The van der Waals surface area contributed by atoms with Gasteiger partial charge >= 0.3 is 17.9 Å². The van der Waals surface area contributed by atoms with Gasteiger partial charge in [0, 0.05) is 19.1 Å². The Kier molecular flexibility index (Phi) is 18.7. The molecule has 8 atom stereocenters. The van der Waals surface area contributed by atoms with E-state index >= 15 is 0 Å². The van der Waals surface area contributed by atoms with Crippen LogP contribution in [0.2, 0.25) is 0 Å². The molecule has 0 spiro atoms. The average Bonchev–Trinajstić information content (AvgIpc) is 3.03. The van der Waals surface area contributed by atoms with Crippen LogP contribution >= 0.6 is 0 Å². The van der Waals surface area contributed by atoms with Crippen LogP contribution in [0, 0.1) is 58.7 Å². The minimum atomic E-state index is -1.17. The molecule has 0 heterocycles. The molecular formula is C38H71N3O7. The Morgan fingerprint density at radius 3 is 1.31 bits per heavy atom. The number of carboxylic acids is 3. The minimum absolute atomic E-state index is 0.0127. The Morgan fingerprint density at radius 2 is 0.979 bits per heavy atom. The van der Waals surface area contributed by atoms with Gasteiger partial charge in [0.1, 0.15) is 0 Å². The van der Waals surface area contributed by atoms with Gasteiger partial charge in [0.25, 0.3) is 0 Å². The standard InChI is InChI=1S/C38H71N3O7/c1-12-24(3)26(5)28(7)30(9)38(11,31(10)29(8)27(6)25(4)13-2)32-14-16-33(17-15-32)39-34(42)20-40(21-35(43)44)18-19-41(22-36(45)46)23-37(47)48/h24-33H,12-23H2,1-11H3,(H,39,42)(H,43,44)(H,45,46)(H,47,48). The Labute approximate surface area is 291 Å². The first-order valence-corrected chi connectivity index (χ1v) is 18.7. The molecule has 8 unspecified atom stereocenters. The van der Waals surface area contributed by atoms with Gasteiger partial charge in [-0.3, -0.25) is 29.0 Å². The molecule has 0 aromatic rings. The second kappa shape index (κ2) is 20.5. The van der Waals surface area contributed by atoms with Crippen molar-refractivity contribution in [3.63, 3.8) is 0 Å². The van der Waals surface area contributed by atoms with Crippen molar-refractivity contribution in [2.75, 3.05) is 39.3 Å². The van der Waals surface area contributed by atoms with E-state index in [1.165, 1.54) is 22.6 Å². The predicted molar refractivity (Wildman–Crippen MR) is 192 cm³/mol. The zero-order valence-electron chi connectivity index (χ0n) is 32.1. The van der Waals surface area contributed by atoms with E-state index in [2.05, 4.69) is 81.5 Å². The van der Waals surface area contributed by atoms with E-state index in [1.54, 1.807) is 0 Å². The molecule has 1 aliphatic carbocycles. The molecule has 0 bridgehead atoms. The van der Waals surface area contributed by atoms with Gasteiger partial charge in [-0.25, -0.2) is 0 Å². The monoisotopic (exact) mass is 682 g/mol. The molecule has 1 rings (SSSR count). The largest absolute Gasteiger partial charge is 0.480 e. The van der Waals surface area contributed by atoms with Crippen molar-refractivity contribution in [1.29, 1.82) is 0 Å². The molecule has 10 heteroatoms. The quantitative estimate of drug-likeness (QED) is 0.0957. The summed E-state index contributed by atoms with van der Waals surface area (Å²) in [5.41, 5.74) is 0.132. The van der Waals surface area contributed by atoms with E-state index in [0.29, 0.717) is 53.3 Å². The number of amides is 1. The van der Waals surface area contributed by atoms with Crippen LogP contribution in [0.15, 0.2) is 0 Å². The summed E-state index contributed by atoms with van der Waals surface area (Å²) in [4.78, 5) is 49.7. The van der Waals surface area contributed by atoms with Crippen LogP contribution in [0.1, 0.15) is 115 Å². The normalized spacial score (nSPS) is 23.3. The third kappa shape index (κ3) is 12.9. The number of hydrogen-bond acceptors (Lipinski definition) is 6. The van der Waals surface area contributed by atoms with Crippen molar-refractivity contribution in [1.82, 2.24) is 15.1 Å². The van der Waals surface area contributed by atoms with Crippen LogP contribution in [0.5, 0.6) is 0 Å². The zero-order valence-corrected chi connectivity index (χ0v) is 32.1. The van der Waals surface area contributed by atoms with Gasteiger partial charge in [-0.15, -0.1) is 0 Å². The molecule has 48 heavy (non-hydrogen) atoms. The van der Waals surface area contributed by atoms with Crippen molar-refractivity contribution in [3.05, 3.63) is 0 Å². The van der Waals surface area contributed by atoms with Crippen LogP contribution in [-0.2, 0) is 19.2 Å². The number of carbonyl (C=O) groups excluding carboxylic acids is 1. The topological polar surface area (TPSA) is 147 Å². The van der Waals surface area contributed by atoms with Crippen LogP contribution < -0.4 is 5.32 Å². The summed E-state index contributed by atoms with van der Waals surface area (Å²) in [5.74, 6) is 1.64. The van der Waals surface area contributed by atoms with Gasteiger partial charge in [0.2, 0.25) is 5.91 Å². The van der Waals surface area contributed by atoms with Crippen LogP contribution in [0.4, 0.5) is 0 Å². The number of carbonyl (C=O) groups is 4. The van der Waals surface area contributed by atoms with Gasteiger partial charge in [-0.2, -0.15) is 0 Å². The third-order valence-electron chi connectivity index (χ3n) is 13.4. The molecule has 0 radical (unpaired) electrons. The maximum absolute atomic E-state index is 13.2. The molecule has 1 fully saturated rings. The van der Waals surface area contributed by atoms with E-state index in [1.807, 2.05) is 0 Å². The molecule has 280 valence electrons. The second-order valence-electron chi connectivity index (χ2n) is 15.9. The summed E-state index contributed by atoms with van der Waals surface area (Å²) in [6.07, 6.45) is 6.18. The van der Waals surface area contributed by atoms with E-state index in [9.17, 15) is 24.3 Å². The summed E-state index contributed by atoms with van der Waals surface area (Å²) in [5, 5.41) is 30.8. The summed E-state index contributed by atoms with van der Waals surface area (Å²) in [6, 6.07) is 0.0127. The Bertz CT molecular complexity index is 970. The first kappa shape index (κ1) is 43.8. The fourth-order valence-corrected chi connectivity index (χ4v) is 8.60. The van der Waals surface area contributed by atoms with Gasteiger partial charge < -0.3 is 20.6 Å². The lowest BCUT2D eigenvalue weighted by Crippen LogP contribution is -2.50. The van der Waals surface area contributed by atoms with Crippen molar-refractivity contribution in [3.8, 4) is 0 Å². The van der Waals surface area contributed by atoms with E-state index < -0.39 is 37.5 Å². The second-order valence-corrected chi connectivity index (χ2v) is 15.9. The van der Waals surface area contributed by atoms with E-state index in [4.69, 9.17) is 10.2 Å². The Balaban J connectivity index is 3.07. The molecular weight excluding hydrogens is 610 g/mol. The highest BCUT2D eigenvalue weighted by Gasteiger charge is 2.49. The number of rotatable bonds is 23. The van der Waals surface area contributed by atoms with Gasteiger partial charge in [-0.1, -0.05) is 89.0 Å². The SMILES string of the molecule is CCC(C)C(C)C(C)C(C)C(C)(C1CCC(NC(=O)CN(CCN(CC(=O)O)CC(=O)O)CC(=O)O)CC1)C(C)C(C)C(C)C(C)CC. The maximum Gasteiger partial charge on any atom is 0.317 e. The number of hydrogen-bond donors (Lipinski definition) is 4. The molecule has 0 saturated heterocycles. The predicted octanol–water partition coefficient (Wildman–Crippen LogP) is 6.43. The van der Waals surface area contributed by atoms with Crippen molar-refractivity contribution < 1.29 is 34.5 Å². The lowest BCUT2D eigenvalue weighted by atomic mass is 9.51. The van der Waals surface area contributed by atoms with E-state index in [0.717, 1.165) is 25.7 Å². The zero-order chi connectivity index (χ0) is 36.9. The Hall–Kier alpha value is -2.20. The number of aliphatic carboxylic acids is 3. The fraction of sp³-hybridized carbons (Fsp3) is 0.895. The number of nitrogens with one attached hydrogen (secondary N) is 1. The van der Waals surface area contributed by atoms with Gasteiger partial charge in [0.15, 0.2) is 0 Å². The van der Waals surface area contributed by atoms with Gasteiger partial charge in [0.05, 0.1) is 26.2 Å². The highest BCUT2D eigenvalue weighted by Crippen LogP contribution is 2.55. The summed E-state index contributed by atoms with van der Waals surface area (Å²) in [7, 11) is 0. The molecule has 4 N–H and O–H groups in total. The maximum atomic E-state index is 13.2. The van der Waals surface area contributed by atoms with Crippen molar-refractivity contribution >= 4 is 23.8 Å². The number of carboxylic acid groups (broad SMARTS) is 3. The fourth-order valence-electron chi connectivity index (χ4n) is 8.60. The molecule has 0 aromatic carbocycles. The van der Waals surface area contributed by atoms with Crippen LogP contribution in [0.3, 0.4) is 0 Å². The summed E-state index contributed by atoms with van der Waals surface area (Å²) < 4.78 is 0. The van der Waals surface area contributed by atoms with Crippen LogP contribution in [-0.4, -0.2) is 94.2 Å². The highest BCUT2D eigenvalue weighted by molar-refractivity contribution is 5.79. The van der Waals surface area contributed by atoms with Crippen molar-refractivity contribution in [2.24, 2.45) is 58.7 Å².